The largest absolute Gasteiger partial charge is 0.481 e. The molecule has 0 saturated heterocycles. The summed E-state index contributed by atoms with van der Waals surface area (Å²) in [7, 11) is 1.55. The monoisotopic (exact) mass is 258 g/mol. The van der Waals surface area contributed by atoms with Gasteiger partial charge in [0.2, 0.25) is 0 Å². The summed E-state index contributed by atoms with van der Waals surface area (Å²) >= 11 is 1.33. The van der Waals surface area contributed by atoms with Gasteiger partial charge in [0.1, 0.15) is 10.7 Å². The number of hydrogen-bond donors (Lipinski definition) is 2. The number of nitrogens with one attached hydrogen (secondary N) is 1. The fraction of sp³-hybridized carbons (Fsp3) is 0.500. The maximum atomic E-state index is 11.7. The Kier molecular flexibility index (Phi) is 5.05. The Labute approximate surface area is 103 Å². The SMILES string of the molecule is COCc1nc(C(=O)NC(C)CC(=O)O)cs1. The van der Waals surface area contributed by atoms with Crippen LogP contribution in [0.25, 0.3) is 0 Å². The van der Waals surface area contributed by atoms with Gasteiger partial charge in [0.25, 0.3) is 5.91 Å². The lowest BCUT2D eigenvalue weighted by Crippen LogP contribution is -2.34. The molecular weight excluding hydrogens is 244 g/mol. The molecular formula is C10H14N2O4S. The molecule has 1 heterocycles. The molecule has 1 unspecified atom stereocenters. The molecule has 7 heteroatoms. The maximum Gasteiger partial charge on any atom is 0.305 e. The Morgan fingerprint density at radius 2 is 2.35 bits per heavy atom. The van der Waals surface area contributed by atoms with Crippen molar-refractivity contribution in [2.24, 2.45) is 0 Å². The molecule has 1 rings (SSSR count). The highest BCUT2D eigenvalue weighted by Crippen LogP contribution is 2.10. The minimum atomic E-state index is -0.948. The summed E-state index contributed by atoms with van der Waals surface area (Å²) in [5.74, 6) is -1.31. The number of ether oxygens (including phenoxy) is 1. The lowest BCUT2D eigenvalue weighted by molar-refractivity contribution is -0.137. The average molecular weight is 258 g/mol. The number of nitrogens with zero attached hydrogens (tertiary/aromatic N) is 1. The summed E-state index contributed by atoms with van der Waals surface area (Å²) in [5, 5.41) is 13.5. The van der Waals surface area contributed by atoms with Crippen LogP contribution in [0.1, 0.15) is 28.8 Å². The van der Waals surface area contributed by atoms with Crippen LogP contribution in [0, 0.1) is 0 Å². The van der Waals surface area contributed by atoms with Crippen molar-refractivity contribution in [3.8, 4) is 0 Å². The zero-order valence-electron chi connectivity index (χ0n) is 9.60. The maximum absolute atomic E-state index is 11.7. The van der Waals surface area contributed by atoms with Crippen molar-refractivity contribution in [3.05, 3.63) is 16.1 Å². The van der Waals surface area contributed by atoms with Gasteiger partial charge in [-0.15, -0.1) is 11.3 Å². The number of carboxylic acids is 1. The number of hydrogen-bond acceptors (Lipinski definition) is 5. The van der Waals surface area contributed by atoms with Crippen LogP contribution in [0.3, 0.4) is 0 Å². The third-order valence-corrected chi connectivity index (χ3v) is 2.73. The first-order valence-electron chi connectivity index (χ1n) is 4.99. The van der Waals surface area contributed by atoms with Crippen LogP contribution in [0.5, 0.6) is 0 Å². The average Bonchev–Trinajstić information content (AvgIpc) is 2.65. The van der Waals surface area contributed by atoms with Crippen molar-refractivity contribution in [1.29, 1.82) is 0 Å². The Hall–Kier alpha value is -1.47. The van der Waals surface area contributed by atoms with Gasteiger partial charge in [0.05, 0.1) is 13.0 Å². The van der Waals surface area contributed by atoms with Crippen LogP contribution in [0.15, 0.2) is 5.38 Å². The molecule has 0 aromatic carbocycles. The summed E-state index contributed by atoms with van der Waals surface area (Å²) in [4.78, 5) is 26.2. The fourth-order valence-corrected chi connectivity index (χ4v) is 1.96. The predicted molar refractivity (Wildman–Crippen MR) is 62.0 cm³/mol. The minimum Gasteiger partial charge on any atom is -0.481 e. The van der Waals surface area contributed by atoms with Gasteiger partial charge in [-0.2, -0.15) is 0 Å². The Bertz CT molecular complexity index is 405. The molecule has 17 heavy (non-hydrogen) atoms. The number of amides is 1. The van der Waals surface area contributed by atoms with Crippen LogP contribution in [-0.2, 0) is 16.1 Å². The molecule has 1 atom stereocenters. The van der Waals surface area contributed by atoms with Gasteiger partial charge in [-0.3, -0.25) is 9.59 Å². The van der Waals surface area contributed by atoms with Crippen molar-refractivity contribution in [2.75, 3.05) is 7.11 Å². The van der Waals surface area contributed by atoms with E-state index in [0.29, 0.717) is 17.3 Å². The first-order valence-corrected chi connectivity index (χ1v) is 5.87. The molecule has 0 aliphatic rings. The number of carbonyl (C=O) groups is 2. The third-order valence-electron chi connectivity index (χ3n) is 1.91. The normalized spacial score (nSPS) is 12.1. The van der Waals surface area contributed by atoms with Crippen LogP contribution < -0.4 is 5.32 Å². The van der Waals surface area contributed by atoms with Crippen molar-refractivity contribution in [3.63, 3.8) is 0 Å². The van der Waals surface area contributed by atoms with Crippen LogP contribution >= 0.6 is 11.3 Å². The molecule has 0 bridgehead atoms. The van der Waals surface area contributed by atoms with Gasteiger partial charge >= 0.3 is 5.97 Å². The Balaban J connectivity index is 2.54. The van der Waals surface area contributed by atoms with Gasteiger partial charge < -0.3 is 15.2 Å². The highest BCUT2D eigenvalue weighted by Gasteiger charge is 2.15. The van der Waals surface area contributed by atoms with Gasteiger partial charge in [-0.1, -0.05) is 0 Å². The molecule has 0 radical (unpaired) electrons. The van der Waals surface area contributed by atoms with E-state index >= 15 is 0 Å². The smallest absolute Gasteiger partial charge is 0.305 e. The number of carboxylic acid groups (broad SMARTS) is 1. The zero-order valence-corrected chi connectivity index (χ0v) is 10.4. The first kappa shape index (κ1) is 13.6. The van der Waals surface area contributed by atoms with Crippen LogP contribution in [-0.4, -0.2) is 35.1 Å². The van der Waals surface area contributed by atoms with Gasteiger partial charge in [-0.25, -0.2) is 4.98 Å². The Morgan fingerprint density at radius 3 is 2.94 bits per heavy atom. The number of carbonyl (C=O) groups excluding carboxylic acids is 1. The zero-order chi connectivity index (χ0) is 12.8. The van der Waals surface area contributed by atoms with Gasteiger partial charge in [-0.05, 0) is 6.92 Å². The summed E-state index contributed by atoms with van der Waals surface area (Å²) in [6, 6.07) is -0.424. The Morgan fingerprint density at radius 1 is 1.65 bits per heavy atom. The number of rotatable bonds is 6. The number of aromatic nitrogens is 1. The number of thiazole rings is 1. The predicted octanol–water partition coefficient (Wildman–Crippen LogP) is 0.882. The molecule has 94 valence electrons. The van der Waals surface area contributed by atoms with E-state index in [1.165, 1.54) is 11.3 Å². The summed E-state index contributed by atoms with van der Waals surface area (Å²) < 4.78 is 4.89. The molecule has 0 saturated carbocycles. The second-order valence-corrected chi connectivity index (χ2v) is 4.47. The molecule has 1 aromatic rings. The number of methoxy groups -OCH3 is 1. The molecule has 6 nitrogen and oxygen atoms in total. The summed E-state index contributed by atoms with van der Waals surface area (Å²) in [6.07, 6.45) is -0.110. The van der Waals surface area contributed by atoms with E-state index in [0.717, 1.165) is 0 Å². The summed E-state index contributed by atoms with van der Waals surface area (Å²) in [6.45, 7) is 2.00. The molecule has 0 aliphatic heterocycles. The molecule has 1 aromatic heterocycles. The standard InChI is InChI=1S/C10H14N2O4S/c1-6(3-9(13)14)11-10(15)7-5-17-8(12-7)4-16-2/h5-6H,3-4H2,1-2H3,(H,11,15)(H,13,14). The first-order chi connectivity index (χ1) is 8.02. The van der Waals surface area contributed by atoms with Crippen LogP contribution in [0.4, 0.5) is 0 Å². The van der Waals surface area contributed by atoms with Gasteiger partial charge in [0, 0.05) is 18.5 Å². The van der Waals surface area contributed by atoms with E-state index in [4.69, 9.17) is 9.84 Å². The third kappa shape index (κ3) is 4.49. The lowest BCUT2D eigenvalue weighted by atomic mass is 10.2. The molecule has 0 aliphatic carbocycles. The van der Waals surface area contributed by atoms with E-state index in [-0.39, 0.29) is 12.3 Å². The molecule has 2 N–H and O–H groups in total. The second kappa shape index (κ2) is 6.31. The minimum absolute atomic E-state index is 0.110. The lowest BCUT2D eigenvalue weighted by Gasteiger charge is -2.09. The van der Waals surface area contributed by atoms with E-state index < -0.39 is 12.0 Å². The van der Waals surface area contributed by atoms with Crippen molar-refractivity contribution in [2.45, 2.75) is 26.0 Å². The number of aliphatic carboxylic acids is 1. The van der Waals surface area contributed by atoms with Crippen molar-refractivity contribution in [1.82, 2.24) is 10.3 Å². The van der Waals surface area contributed by atoms with Crippen molar-refractivity contribution >= 4 is 23.2 Å². The summed E-state index contributed by atoms with van der Waals surface area (Å²) in [5.41, 5.74) is 0.291. The molecule has 0 spiro atoms. The highest BCUT2D eigenvalue weighted by atomic mass is 32.1. The highest BCUT2D eigenvalue weighted by molar-refractivity contribution is 7.09. The van der Waals surface area contributed by atoms with Crippen molar-refractivity contribution < 1.29 is 19.4 Å². The van der Waals surface area contributed by atoms with E-state index in [1.807, 2.05) is 0 Å². The van der Waals surface area contributed by atoms with E-state index in [1.54, 1.807) is 19.4 Å². The fourth-order valence-electron chi connectivity index (χ4n) is 1.22. The topological polar surface area (TPSA) is 88.5 Å². The van der Waals surface area contributed by atoms with Crippen LogP contribution in [0.2, 0.25) is 0 Å². The van der Waals surface area contributed by atoms with E-state index in [2.05, 4.69) is 10.3 Å². The van der Waals surface area contributed by atoms with E-state index in [9.17, 15) is 9.59 Å². The van der Waals surface area contributed by atoms with Gasteiger partial charge in [0.15, 0.2) is 0 Å². The molecule has 1 amide bonds. The quantitative estimate of drug-likeness (QED) is 0.790. The second-order valence-electron chi connectivity index (χ2n) is 3.53. The molecule has 0 fully saturated rings.